The van der Waals surface area contributed by atoms with Crippen molar-refractivity contribution in [2.75, 3.05) is 7.11 Å². The second kappa shape index (κ2) is 6.14. The molecule has 0 saturated heterocycles. The molecule has 0 atom stereocenters. The number of benzene rings is 2. The summed E-state index contributed by atoms with van der Waals surface area (Å²) in [6.07, 6.45) is 0.702. The zero-order chi connectivity index (χ0) is 13.7. The molecule has 98 valence electrons. The molecule has 3 heteroatoms. The summed E-state index contributed by atoms with van der Waals surface area (Å²) in [5.41, 5.74) is 1.79. The van der Waals surface area contributed by atoms with Crippen molar-refractivity contribution >= 4 is 5.78 Å². The van der Waals surface area contributed by atoms with Gasteiger partial charge in [-0.25, -0.2) is 4.39 Å². The number of carbonyl (C=O) groups excluding carboxylic acids is 1. The van der Waals surface area contributed by atoms with Crippen LogP contribution in [0.25, 0.3) is 0 Å². The monoisotopic (exact) mass is 258 g/mol. The molecule has 0 aliphatic carbocycles. The summed E-state index contributed by atoms with van der Waals surface area (Å²) in [4.78, 5) is 11.9. The van der Waals surface area contributed by atoms with Crippen LogP contribution in [-0.4, -0.2) is 12.9 Å². The van der Waals surface area contributed by atoms with Gasteiger partial charge in [-0.15, -0.1) is 0 Å². The van der Waals surface area contributed by atoms with Crippen molar-refractivity contribution in [3.63, 3.8) is 0 Å². The summed E-state index contributed by atoms with van der Waals surface area (Å²) in [7, 11) is 1.61. The van der Waals surface area contributed by atoms with Crippen LogP contribution in [-0.2, 0) is 17.6 Å². The fraction of sp³-hybridized carbons (Fsp3) is 0.188. The Morgan fingerprint density at radius 2 is 1.42 bits per heavy atom. The van der Waals surface area contributed by atoms with E-state index in [9.17, 15) is 9.18 Å². The molecule has 0 bridgehead atoms. The Bertz CT molecular complexity index is 544. The van der Waals surface area contributed by atoms with Gasteiger partial charge in [0.15, 0.2) is 0 Å². The third-order valence-corrected chi connectivity index (χ3v) is 2.87. The van der Waals surface area contributed by atoms with Crippen LogP contribution in [0.5, 0.6) is 5.75 Å². The first-order valence-corrected chi connectivity index (χ1v) is 6.06. The van der Waals surface area contributed by atoms with Gasteiger partial charge >= 0.3 is 0 Å². The van der Waals surface area contributed by atoms with E-state index in [-0.39, 0.29) is 11.6 Å². The van der Waals surface area contributed by atoms with E-state index in [2.05, 4.69) is 0 Å². The summed E-state index contributed by atoms with van der Waals surface area (Å²) >= 11 is 0. The molecule has 0 fully saturated rings. The van der Waals surface area contributed by atoms with Gasteiger partial charge in [-0.05, 0) is 35.4 Å². The molecule has 0 radical (unpaired) electrons. The smallest absolute Gasteiger partial charge is 0.141 e. The number of rotatable bonds is 5. The second-order valence-electron chi connectivity index (χ2n) is 4.37. The van der Waals surface area contributed by atoms with Crippen molar-refractivity contribution in [2.45, 2.75) is 12.8 Å². The first kappa shape index (κ1) is 13.3. The largest absolute Gasteiger partial charge is 0.497 e. The predicted molar refractivity (Wildman–Crippen MR) is 71.8 cm³/mol. The average Bonchev–Trinajstić information content (AvgIpc) is 2.42. The lowest BCUT2D eigenvalue weighted by Gasteiger charge is -2.04. The highest BCUT2D eigenvalue weighted by atomic mass is 19.1. The number of hydrogen-bond donors (Lipinski definition) is 0. The highest BCUT2D eigenvalue weighted by Crippen LogP contribution is 2.13. The molecule has 0 amide bonds. The van der Waals surface area contributed by atoms with Crippen LogP contribution in [0.3, 0.4) is 0 Å². The van der Waals surface area contributed by atoms with Crippen LogP contribution in [0, 0.1) is 5.82 Å². The minimum absolute atomic E-state index is 0.108. The molecule has 0 spiro atoms. The summed E-state index contributed by atoms with van der Waals surface area (Å²) < 4.78 is 17.8. The average molecular weight is 258 g/mol. The standard InChI is InChI=1S/C16H15FO2/c1-19-16-8-4-13(5-9-16)11-15(18)10-12-2-6-14(17)7-3-12/h2-9H,10-11H2,1H3. The number of ether oxygens (including phenoxy) is 1. The zero-order valence-corrected chi connectivity index (χ0v) is 10.7. The van der Waals surface area contributed by atoms with Gasteiger partial charge in [0.2, 0.25) is 0 Å². The minimum atomic E-state index is -0.286. The van der Waals surface area contributed by atoms with E-state index in [1.54, 1.807) is 19.2 Å². The van der Waals surface area contributed by atoms with Crippen LogP contribution >= 0.6 is 0 Å². The number of halogens is 1. The van der Waals surface area contributed by atoms with Crippen molar-refractivity contribution < 1.29 is 13.9 Å². The molecule has 0 aliphatic rings. The fourth-order valence-electron chi connectivity index (χ4n) is 1.86. The maximum atomic E-state index is 12.7. The van der Waals surface area contributed by atoms with Gasteiger partial charge in [-0.1, -0.05) is 24.3 Å². The summed E-state index contributed by atoms with van der Waals surface area (Å²) in [6.45, 7) is 0. The first-order chi connectivity index (χ1) is 9.17. The van der Waals surface area contributed by atoms with Crippen molar-refractivity contribution in [2.24, 2.45) is 0 Å². The van der Waals surface area contributed by atoms with Crippen LogP contribution in [0.1, 0.15) is 11.1 Å². The quantitative estimate of drug-likeness (QED) is 0.823. The van der Waals surface area contributed by atoms with Gasteiger partial charge < -0.3 is 4.74 Å². The third kappa shape index (κ3) is 3.91. The van der Waals surface area contributed by atoms with Gasteiger partial charge in [-0.2, -0.15) is 0 Å². The lowest BCUT2D eigenvalue weighted by molar-refractivity contribution is -0.117. The van der Waals surface area contributed by atoms with E-state index in [1.165, 1.54) is 12.1 Å². The van der Waals surface area contributed by atoms with Gasteiger partial charge in [0.1, 0.15) is 17.3 Å². The molecule has 0 aromatic heterocycles. The van der Waals surface area contributed by atoms with E-state index in [0.717, 1.165) is 16.9 Å². The maximum Gasteiger partial charge on any atom is 0.141 e. The van der Waals surface area contributed by atoms with Gasteiger partial charge in [0.25, 0.3) is 0 Å². The van der Waals surface area contributed by atoms with Crippen molar-refractivity contribution in [3.05, 3.63) is 65.5 Å². The maximum absolute atomic E-state index is 12.7. The number of carbonyl (C=O) groups is 1. The van der Waals surface area contributed by atoms with Crippen molar-refractivity contribution in [3.8, 4) is 5.75 Å². The Balaban J connectivity index is 1.95. The van der Waals surface area contributed by atoms with Crippen LogP contribution in [0.2, 0.25) is 0 Å². The molecular formula is C16H15FO2. The lowest BCUT2D eigenvalue weighted by Crippen LogP contribution is -2.06. The van der Waals surface area contributed by atoms with E-state index in [0.29, 0.717) is 12.8 Å². The summed E-state index contributed by atoms with van der Waals surface area (Å²) in [5, 5.41) is 0. The summed E-state index contributed by atoms with van der Waals surface area (Å²) in [5.74, 6) is 0.595. The van der Waals surface area contributed by atoms with Crippen molar-refractivity contribution in [1.82, 2.24) is 0 Å². The molecule has 0 heterocycles. The van der Waals surface area contributed by atoms with Gasteiger partial charge in [-0.3, -0.25) is 4.79 Å². The Labute approximate surface area is 111 Å². The number of ketones is 1. The van der Waals surface area contributed by atoms with E-state index in [4.69, 9.17) is 4.74 Å². The van der Waals surface area contributed by atoms with Gasteiger partial charge in [0, 0.05) is 12.8 Å². The molecule has 2 aromatic carbocycles. The Hall–Kier alpha value is -2.16. The molecule has 0 aliphatic heterocycles. The first-order valence-electron chi connectivity index (χ1n) is 6.06. The Kier molecular flexibility index (Phi) is 4.29. The third-order valence-electron chi connectivity index (χ3n) is 2.87. The normalized spacial score (nSPS) is 10.2. The van der Waals surface area contributed by atoms with E-state index < -0.39 is 0 Å². The SMILES string of the molecule is COc1ccc(CC(=O)Cc2ccc(F)cc2)cc1. The van der Waals surface area contributed by atoms with Crippen LogP contribution in [0.4, 0.5) is 4.39 Å². The Morgan fingerprint density at radius 1 is 0.947 bits per heavy atom. The molecule has 0 saturated carbocycles. The number of hydrogen-bond acceptors (Lipinski definition) is 2. The Morgan fingerprint density at radius 3 is 1.89 bits per heavy atom. The van der Waals surface area contributed by atoms with Crippen LogP contribution in [0.15, 0.2) is 48.5 Å². The molecule has 2 nitrogen and oxygen atoms in total. The fourth-order valence-corrected chi connectivity index (χ4v) is 1.86. The highest BCUT2D eigenvalue weighted by molar-refractivity contribution is 5.83. The molecule has 0 N–H and O–H groups in total. The van der Waals surface area contributed by atoms with E-state index >= 15 is 0 Å². The topological polar surface area (TPSA) is 26.3 Å². The molecule has 2 aromatic rings. The summed E-state index contributed by atoms with van der Waals surface area (Å²) in [6, 6.07) is 13.4. The number of Topliss-reactive ketones (excluding diaryl/α,β-unsaturated/α-hetero) is 1. The van der Waals surface area contributed by atoms with Crippen molar-refractivity contribution in [1.29, 1.82) is 0 Å². The molecule has 2 rings (SSSR count). The van der Waals surface area contributed by atoms with E-state index in [1.807, 2.05) is 24.3 Å². The number of methoxy groups -OCH3 is 1. The molecular weight excluding hydrogens is 243 g/mol. The molecule has 19 heavy (non-hydrogen) atoms. The molecule has 0 unspecified atom stereocenters. The van der Waals surface area contributed by atoms with Gasteiger partial charge in [0.05, 0.1) is 7.11 Å². The zero-order valence-electron chi connectivity index (χ0n) is 10.7. The minimum Gasteiger partial charge on any atom is -0.497 e. The predicted octanol–water partition coefficient (Wildman–Crippen LogP) is 3.19. The highest BCUT2D eigenvalue weighted by Gasteiger charge is 2.05. The lowest BCUT2D eigenvalue weighted by atomic mass is 10.0. The van der Waals surface area contributed by atoms with Crippen LogP contribution < -0.4 is 4.74 Å². The second-order valence-corrected chi connectivity index (χ2v) is 4.37.